The van der Waals surface area contributed by atoms with E-state index in [2.05, 4.69) is 42.9 Å². The predicted molar refractivity (Wildman–Crippen MR) is 124 cm³/mol. The fraction of sp³-hybridized carbons (Fsp3) is 0.667. The second kappa shape index (κ2) is 9.25. The van der Waals surface area contributed by atoms with Gasteiger partial charge in [-0.2, -0.15) is 18.3 Å². The van der Waals surface area contributed by atoms with Crippen LogP contribution in [0.4, 0.5) is 19.0 Å². The Morgan fingerprint density at radius 3 is 2.67 bits per heavy atom. The largest absolute Gasteiger partial charge is 0.419 e. The summed E-state index contributed by atoms with van der Waals surface area (Å²) in [5, 5.41) is 8.29. The van der Waals surface area contributed by atoms with Crippen LogP contribution in [0.3, 0.4) is 0 Å². The molecule has 33 heavy (non-hydrogen) atoms. The van der Waals surface area contributed by atoms with Gasteiger partial charge in [-0.05, 0) is 51.2 Å². The number of anilines is 1. The number of nitrogens with one attached hydrogen (secondary N) is 1. The van der Waals surface area contributed by atoms with Crippen LogP contribution in [-0.2, 0) is 6.18 Å². The first-order valence-corrected chi connectivity index (χ1v) is 12.0. The summed E-state index contributed by atoms with van der Waals surface area (Å²) in [7, 11) is 0. The summed E-state index contributed by atoms with van der Waals surface area (Å²) in [5.41, 5.74) is 6.57. The summed E-state index contributed by atoms with van der Waals surface area (Å²) in [6.45, 7) is 11.8. The highest BCUT2D eigenvalue weighted by atomic mass is 19.4. The van der Waals surface area contributed by atoms with Crippen molar-refractivity contribution >= 4 is 5.82 Å². The predicted octanol–water partition coefficient (Wildman–Crippen LogP) is 4.69. The number of rotatable bonds is 5. The number of hydrogen-bond acceptors (Lipinski definition) is 5. The number of piperazine rings is 1. The molecule has 2 aromatic rings. The van der Waals surface area contributed by atoms with Crippen molar-refractivity contribution < 1.29 is 13.2 Å². The van der Waals surface area contributed by atoms with Crippen molar-refractivity contribution in [3.63, 3.8) is 0 Å². The van der Waals surface area contributed by atoms with Gasteiger partial charge in [0.05, 0.1) is 11.3 Å². The molecule has 5 unspecified atom stereocenters. The molecule has 2 aliphatic rings. The molecule has 0 bridgehead atoms. The molecule has 3 N–H and O–H groups in total. The molecular formula is C24H35F3N6. The van der Waals surface area contributed by atoms with Gasteiger partial charge in [0, 0.05) is 61.1 Å². The molecule has 0 aromatic carbocycles. The molecule has 3 heterocycles. The topological polar surface area (TPSA) is 72.0 Å². The van der Waals surface area contributed by atoms with E-state index in [4.69, 9.17) is 10.8 Å². The lowest BCUT2D eigenvalue weighted by molar-refractivity contribution is -0.137. The third kappa shape index (κ3) is 4.89. The van der Waals surface area contributed by atoms with Crippen molar-refractivity contribution in [2.75, 3.05) is 25.4 Å². The van der Waals surface area contributed by atoms with E-state index in [1.165, 1.54) is 6.20 Å². The van der Waals surface area contributed by atoms with E-state index in [1.54, 1.807) is 0 Å². The van der Waals surface area contributed by atoms with E-state index in [1.807, 2.05) is 10.7 Å². The standard InChI is InChI=1S/C24H35F3N6/c1-5-16(4)33-22(19-10-18(8-14(19)2)32-7-6-29-15(3)13-32)11-21(31-33)17-9-20(24(25,26)27)23(28)30-12-17/h9,11-12,14-16,18-19,29H,5-8,10,13H2,1-4H3,(H2,28,30). The summed E-state index contributed by atoms with van der Waals surface area (Å²) in [6, 6.07) is 4.21. The van der Waals surface area contributed by atoms with Crippen LogP contribution in [0.2, 0.25) is 0 Å². The van der Waals surface area contributed by atoms with Gasteiger partial charge in [0.25, 0.3) is 0 Å². The quantitative estimate of drug-likeness (QED) is 0.672. The van der Waals surface area contributed by atoms with E-state index >= 15 is 0 Å². The Hall–Kier alpha value is -2.13. The fourth-order valence-corrected chi connectivity index (χ4v) is 5.41. The molecule has 0 spiro atoms. The molecule has 0 amide bonds. The number of hydrogen-bond donors (Lipinski definition) is 2. The van der Waals surface area contributed by atoms with Gasteiger partial charge in [-0.25, -0.2) is 4.98 Å². The Morgan fingerprint density at radius 1 is 1.24 bits per heavy atom. The van der Waals surface area contributed by atoms with Crippen LogP contribution in [0.25, 0.3) is 11.3 Å². The van der Waals surface area contributed by atoms with Crippen LogP contribution in [0.5, 0.6) is 0 Å². The van der Waals surface area contributed by atoms with Crippen LogP contribution >= 0.6 is 0 Å². The Bertz CT molecular complexity index is 972. The van der Waals surface area contributed by atoms with Gasteiger partial charge in [-0.15, -0.1) is 0 Å². The number of nitrogens with two attached hydrogens (primary N) is 1. The van der Waals surface area contributed by atoms with Crippen molar-refractivity contribution in [3.05, 3.63) is 29.6 Å². The third-order valence-electron chi connectivity index (χ3n) is 7.45. The summed E-state index contributed by atoms with van der Waals surface area (Å²) in [4.78, 5) is 6.41. The SMILES string of the molecule is CCC(C)n1nc(-c2cnc(N)c(C(F)(F)F)c2)cc1C1CC(N2CCNC(C)C2)CC1C. The number of alkyl halides is 3. The molecule has 0 radical (unpaired) electrons. The van der Waals surface area contributed by atoms with Gasteiger partial charge in [0.2, 0.25) is 0 Å². The highest BCUT2D eigenvalue weighted by Gasteiger charge is 2.39. The minimum Gasteiger partial charge on any atom is -0.383 e. The lowest BCUT2D eigenvalue weighted by Gasteiger charge is -2.36. The average molecular weight is 465 g/mol. The Labute approximate surface area is 193 Å². The minimum atomic E-state index is -4.55. The molecule has 4 rings (SSSR count). The number of pyridine rings is 1. The Morgan fingerprint density at radius 2 is 2.00 bits per heavy atom. The van der Waals surface area contributed by atoms with Gasteiger partial charge >= 0.3 is 6.18 Å². The van der Waals surface area contributed by atoms with Crippen LogP contribution in [-0.4, -0.2) is 51.4 Å². The van der Waals surface area contributed by atoms with Crippen molar-refractivity contribution in [1.29, 1.82) is 0 Å². The van der Waals surface area contributed by atoms with Crippen LogP contribution < -0.4 is 11.1 Å². The Kier molecular flexibility index (Phi) is 6.73. The zero-order valence-corrected chi connectivity index (χ0v) is 19.9. The number of halogens is 3. The van der Waals surface area contributed by atoms with Crippen LogP contribution in [0.1, 0.15) is 70.2 Å². The zero-order chi connectivity index (χ0) is 23.9. The molecule has 9 heteroatoms. The summed E-state index contributed by atoms with van der Waals surface area (Å²) in [6.07, 6.45) is -0.103. The van der Waals surface area contributed by atoms with Crippen LogP contribution in [0, 0.1) is 5.92 Å². The summed E-state index contributed by atoms with van der Waals surface area (Å²) >= 11 is 0. The molecule has 2 fully saturated rings. The molecule has 2 aromatic heterocycles. The monoisotopic (exact) mass is 464 g/mol. The third-order valence-corrected chi connectivity index (χ3v) is 7.45. The van der Waals surface area contributed by atoms with Crippen molar-refractivity contribution in [3.8, 4) is 11.3 Å². The smallest absolute Gasteiger partial charge is 0.383 e. The van der Waals surface area contributed by atoms with Gasteiger partial charge < -0.3 is 11.1 Å². The molecule has 1 aliphatic carbocycles. The molecule has 1 aliphatic heterocycles. The van der Waals surface area contributed by atoms with Crippen LogP contribution in [0.15, 0.2) is 18.3 Å². The lowest BCUT2D eigenvalue weighted by atomic mass is 9.93. The highest BCUT2D eigenvalue weighted by molar-refractivity contribution is 5.63. The first-order chi connectivity index (χ1) is 15.6. The van der Waals surface area contributed by atoms with E-state index in [0.29, 0.717) is 35.2 Å². The number of nitrogens with zero attached hydrogens (tertiary/aromatic N) is 4. The number of nitrogen functional groups attached to an aromatic ring is 1. The fourth-order valence-electron chi connectivity index (χ4n) is 5.41. The van der Waals surface area contributed by atoms with Crippen molar-refractivity contribution in [1.82, 2.24) is 25.0 Å². The van der Waals surface area contributed by atoms with Gasteiger partial charge in [-0.3, -0.25) is 9.58 Å². The molecule has 5 atom stereocenters. The molecule has 6 nitrogen and oxygen atoms in total. The maximum absolute atomic E-state index is 13.4. The first kappa shape index (κ1) is 24.0. The molecular weight excluding hydrogens is 429 g/mol. The number of aromatic nitrogens is 3. The van der Waals surface area contributed by atoms with Crippen molar-refractivity contribution in [2.24, 2.45) is 5.92 Å². The Balaban J connectivity index is 1.67. The lowest BCUT2D eigenvalue weighted by Crippen LogP contribution is -2.52. The van der Waals surface area contributed by atoms with E-state index in [-0.39, 0.29) is 6.04 Å². The zero-order valence-electron chi connectivity index (χ0n) is 19.9. The van der Waals surface area contributed by atoms with E-state index < -0.39 is 17.6 Å². The summed E-state index contributed by atoms with van der Waals surface area (Å²) < 4.78 is 42.2. The molecule has 182 valence electrons. The van der Waals surface area contributed by atoms with Crippen molar-refractivity contribution in [2.45, 2.75) is 77.2 Å². The molecule has 1 saturated heterocycles. The van der Waals surface area contributed by atoms with E-state index in [9.17, 15) is 13.2 Å². The second-order valence-corrected chi connectivity index (χ2v) is 9.87. The first-order valence-electron chi connectivity index (χ1n) is 12.0. The molecule has 1 saturated carbocycles. The van der Waals surface area contributed by atoms with Gasteiger partial charge in [0.1, 0.15) is 5.82 Å². The highest BCUT2D eigenvalue weighted by Crippen LogP contribution is 2.44. The average Bonchev–Trinajstić information content (AvgIpc) is 3.36. The van der Waals surface area contributed by atoms with Gasteiger partial charge in [0.15, 0.2) is 0 Å². The van der Waals surface area contributed by atoms with E-state index in [0.717, 1.165) is 50.7 Å². The maximum Gasteiger partial charge on any atom is 0.419 e. The normalized spacial score (nSPS) is 27.7. The second-order valence-electron chi connectivity index (χ2n) is 9.87. The summed E-state index contributed by atoms with van der Waals surface area (Å²) in [5.74, 6) is 0.285. The maximum atomic E-state index is 13.4. The van der Waals surface area contributed by atoms with Gasteiger partial charge in [-0.1, -0.05) is 13.8 Å². The minimum absolute atomic E-state index is 0.156.